The van der Waals surface area contributed by atoms with Crippen LogP contribution in [0.2, 0.25) is 30.1 Å². The van der Waals surface area contributed by atoms with E-state index < -0.39 is 56.2 Å². The van der Waals surface area contributed by atoms with Gasteiger partial charge in [0.1, 0.15) is 11.4 Å². The molecule has 0 aliphatic heterocycles. The first-order chi connectivity index (χ1) is 63.9. The largest absolute Gasteiger partial charge is 2.00 e. The Balaban J connectivity index is 0.000000204. The second-order valence-electron chi connectivity index (χ2n) is 31.5. The van der Waals surface area contributed by atoms with Crippen LogP contribution in [0.1, 0.15) is 118 Å². The van der Waals surface area contributed by atoms with E-state index >= 15 is 0 Å². The molecule has 0 aliphatic carbocycles. The van der Waals surface area contributed by atoms with Gasteiger partial charge in [-0.25, -0.2) is 0 Å². The van der Waals surface area contributed by atoms with E-state index in [2.05, 4.69) is 124 Å². The Hall–Kier alpha value is -10.6. The average Bonchev–Trinajstić information content (AvgIpc) is 0.563. The van der Waals surface area contributed by atoms with Crippen LogP contribution in [0.25, 0.3) is 105 Å². The smallest absolute Gasteiger partial charge is 0.300 e. The van der Waals surface area contributed by atoms with E-state index in [1.165, 1.54) is 42.5 Å². The Morgan fingerprint density at radius 1 is 0.304 bits per heavy atom. The van der Waals surface area contributed by atoms with Gasteiger partial charge in [-0.1, -0.05) is 133 Å². The summed E-state index contributed by atoms with van der Waals surface area (Å²) in [7, 11) is 0. The van der Waals surface area contributed by atoms with E-state index in [0.717, 1.165) is 53.4 Å². The van der Waals surface area contributed by atoms with Gasteiger partial charge >= 0.3 is 84.3 Å². The SMILES string of the molecule is CC(C)(c1cccc(-c2[c-]cc(I)cc2F)n1)c1cccc(-c2[c-]cc(I)cc2F)n1.[C-]#[N+]c1c(Cl)c[c-]c(-c2cccc(C(C)(C)c3cccc(-c4[c-]cc(Cl)c(C#N)c4Cl)n3)n2)c1Cl.[C-]#[N+]c1c(F)c[c-]c(-c2cccc(C(C)(C)c3cccc(-c4[c-]cc(F)c(C#N)c4F)n3)n2)c1F.[C-]#[N+]c1cc(-c2cccc(C(C)(C)c3cccc(-c4[c-]cc(Cl)c(C#N)c4)n3)n2)[c-]cc1Cl.[Pt+2].[Pt+2].[Pt+2].[Pt+2]. The molecule has 32 heteroatoms. The summed E-state index contributed by atoms with van der Waals surface area (Å²) in [6, 6.07) is 89.8. The number of pyridine rings is 8. The first-order valence-corrected chi connectivity index (χ1v) is 44.3. The molecule has 0 unspecified atom stereocenters. The summed E-state index contributed by atoms with van der Waals surface area (Å²) in [5.74, 6) is -4.87. The molecule has 0 bridgehead atoms. The maximum absolute atomic E-state index is 14.7. The molecule has 0 radical (unpaired) electrons. The average molecular weight is 2890 g/mol. The van der Waals surface area contributed by atoms with E-state index in [1.807, 2.05) is 133 Å². The number of hydrogen-bond donors (Lipinski definition) is 0. The zero-order valence-corrected chi connectivity index (χ0v) is 90.5. The monoisotopic (exact) mass is 2890 g/mol. The van der Waals surface area contributed by atoms with Crippen molar-refractivity contribution in [3.8, 4) is 108 Å². The minimum absolute atomic E-state index is 0. The van der Waals surface area contributed by atoms with Crippen LogP contribution >= 0.6 is 115 Å². The van der Waals surface area contributed by atoms with Gasteiger partial charge in [0.05, 0.1) is 49.6 Å². The van der Waals surface area contributed by atoms with Crippen LogP contribution in [0.15, 0.2) is 218 Å². The van der Waals surface area contributed by atoms with Crippen molar-refractivity contribution in [2.75, 3.05) is 0 Å². The van der Waals surface area contributed by atoms with Crippen molar-refractivity contribution >= 4 is 132 Å². The minimum atomic E-state index is -1.06. The van der Waals surface area contributed by atoms with Crippen LogP contribution in [-0.2, 0) is 106 Å². The molecular formula is C106H60Cl6F6I2N14Pt4. The van der Waals surface area contributed by atoms with Crippen molar-refractivity contribution in [1.29, 1.82) is 15.8 Å². The van der Waals surface area contributed by atoms with Gasteiger partial charge in [0.25, 0.3) is 0 Å². The van der Waals surface area contributed by atoms with Gasteiger partial charge in [-0.3, -0.25) is 40.9 Å². The summed E-state index contributed by atoms with van der Waals surface area (Å²) in [5, 5.41) is 29.3. The molecular weight excluding hydrogens is 2830 g/mol. The third-order valence-corrected chi connectivity index (χ3v) is 24.6. The van der Waals surface area contributed by atoms with Crippen LogP contribution in [0.3, 0.4) is 0 Å². The van der Waals surface area contributed by atoms with Crippen LogP contribution < -0.4 is 0 Å². The van der Waals surface area contributed by atoms with Crippen LogP contribution in [0.5, 0.6) is 0 Å². The summed E-state index contributed by atoms with van der Waals surface area (Å²) in [6.07, 6.45) is 0. The molecule has 14 nitrogen and oxygen atoms in total. The summed E-state index contributed by atoms with van der Waals surface area (Å²) in [6.45, 7) is 37.3. The molecule has 8 aromatic carbocycles. The number of nitriles is 3. The Labute approximate surface area is 909 Å². The van der Waals surface area contributed by atoms with E-state index in [0.29, 0.717) is 100 Å². The first-order valence-electron chi connectivity index (χ1n) is 39.9. The Bertz CT molecular complexity index is 6960. The topological polar surface area (TPSA) is 188 Å². The molecule has 138 heavy (non-hydrogen) atoms. The van der Waals surface area contributed by atoms with Crippen molar-refractivity contribution in [2.45, 2.75) is 77.0 Å². The second kappa shape index (κ2) is 48.1. The zero-order chi connectivity index (χ0) is 96.4. The number of halogens is 14. The van der Waals surface area contributed by atoms with Gasteiger partial charge in [-0.2, -0.15) is 50.6 Å². The van der Waals surface area contributed by atoms with Gasteiger partial charge in [0.2, 0.25) is 0 Å². The second-order valence-corrected chi connectivity index (χ2v) is 36.3. The van der Waals surface area contributed by atoms with Crippen LogP contribution in [0.4, 0.5) is 43.4 Å². The van der Waals surface area contributed by atoms with Gasteiger partial charge in [-0.15, -0.1) is 217 Å². The Morgan fingerprint density at radius 2 is 0.609 bits per heavy atom. The molecule has 16 aromatic rings. The molecule has 0 spiro atoms. The molecule has 0 N–H and O–H groups in total. The number of hydrogen-bond acceptors (Lipinski definition) is 11. The normalized spacial score (nSPS) is 10.8. The third kappa shape index (κ3) is 24.5. The van der Waals surface area contributed by atoms with Gasteiger partial charge in [-0.05, 0) is 185 Å². The third-order valence-electron chi connectivity index (χ3n) is 21.4. The van der Waals surface area contributed by atoms with Crippen molar-refractivity contribution in [2.24, 2.45) is 0 Å². The molecule has 8 heterocycles. The Morgan fingerprint density at radius 3 is 0.971 bits per heavy atom. The van der Waals surface area contributed by atoms with E-state index in [1.54, 1.807) is 98.8 Å². The first kappa shape index (κ1) is 111. The van der Waals surface area contributed by atoms with Crippen molar-refractivity contribution in [3.63, 3.8) is 0 Å². The molecule has 0 saturated heterocycles. The molecule has 0 saturated carbocycles. The molecule has 0 amide bonds. The van der Waals surface area contributed by atoms with Crippen molar-refractivity contribution in [3.05, 3.63) is 436 Å². The maximum atomic E-state index is 14.7. The number of nitrogens with zero attached hydrogens (tertiary/aromatic N) is 14. The maximum Gasteiger partial charge on any atom is 2.00 e. The van der Waals surface area contributed by atoms with Crippen molar-refractivity contribution in [1.82, 2.24) is 39.9 Å². The van der Waals surface area contributed by atoms with Crippen LogP contribution in [-0.4, -0.2) is 39.9 Å². The summed E-state index contributed by atoms with van der Waals surface area (Å²) in [5.41, 5.74) is 9.00. The number of aromatic nitrogens is 8. The van der Waals surface area contributed by atoms with Gasteiger partial charge in [0, 0.05) is 102 Å². The summed E-state index contributed by atoms with van der Waals surface area (Å²) < 4.78 is 87.4. The fourth-order valence-electron chi connectivity index (χ4n) is 13.7. The Kier molecular flexibility index (Phi) is 38.7. The van der Waals surface area contributed by atoms with E-state index in [-0.39, 0.29) is 150 Å². The number of benzene rings is 8. The standard InChI is InChI=1S/C27H14Cl4N4.C27H16Cl2N4.C27H14F4N4.C25H16F2I2N2.4Pt/c1-27(2,22-8-4-6-20(34-22)15-10-12-18(28)17(14-32)24(15)30)23-9-5-7-21(35-23)16-11-13-19(29)26(33-3)25(16)31;1-27(2,25-8-4-6-22(32-25)17-10-12-20(28)19(14-17)16-30)26-9-5-7-23(33-26)18-11-13-21(29)24(15-18)31-3;1-27(2,22-8-4-6-20(34-22)15-10-12-18(28)17(14-32)24(15)30)23-9-5-7-21(35-23)16-11-13-19(29)26(33-3)25(16)31;1-25(2,23-7-3-5-21(30-23)17-11-9-15(28)13-19(17)26)24-8-4-6-22(31-24)18-12-10-16(29)14-20(18)27;;;;/h4-9,12-13H,1-2H3;4-9,12-15H,1-2H3;4-9,12-13H,1-2H3;3-10,13-14H,1-2H3;;;;/q4*-2;4*+2. The van der Waals surface area contributed by atoms with E-state index in [9.17, 15) is 36.9 Å². The summed E-state index contributed by atoms with van der Waals surface area (Å²) in [4.78, 5) is 47.6. The van der Waals surface area contributed by atoms with Crippen LogP contribution in [0, 0.1) is 144 Å². The van der Waals surface area contributed by atoms with Gasteiger partial charge in [0.15, 0.2) is 5.69 Å². The molecule has 0 fully saturated rings. The number of rotatable bonds is 16. The predicted octanol–water partition coefficient (Wildman–Crippen LogP) is 30.2. The minimum Gasteiger partial charge on any atom is -0.300 e. The molecule has 692 valence electrons. The molecule has 0 atom stereocenters. The fourth-order valence-corrected chi connectivity index (χ4v) is 16.0. The quantitative estimate of drug-likeness (QED) is 0.0509. The molecule has 8 aromatic heterocycles. The van der Waals surface area contributed by atoms with Gasteiger partial charge < -0.3 is 39.9 Å². The summed E-state index contributed by atoms with van der Waals surface area (Å²) >= 11 is 41.2. The predicted molar refractivity (Wildman–Crippen MR) is 525 cm³/mol. The molecule has 16 rings (SSSR count). The fraction of sp³-hybridized carbons (Fsp3) is 0.113. The zero-order valence-electron chi connectivity index (χ0n) is 72.6. The molecule has 0 aliphatic rings. The van der Waals surface area contributed by atoms with Crippen molar-refractivity contribution < 1.29 is 111 Å². The van der Waals surface area contributed by atoms with E-state index in [4.69, 9.17) is 124 Å².